The summed E-state index contributed by atoms with van der Waals surface area (Å²) in [7, 11) is 3.13. The molecule has 0 spiro atoms. The SMILES string of the molecule is CC1CN(c2ccc(CNC(=O)Cn3c(=O)c4c(ncn4C)n(C)c3=O)cc2F)CC(C)O1. The number of aromatic nitrogens is 4. The number of aryl methyl sites for hydroxylation is 2. The zero-order valence-corrected chi connectivity index (χ0v) is 19.0. The number of anilines is 1. The van der Waals surface area contributed by atoms with E-state index in [1.807, 2.05) is 18.7 Å². The van der Waals surface area contributed by atoms with Crippen LogP contribution in [0, 0.1) is 5.82 Å². The zero-order valence-electron chi connectivity index (χ0n) is 19.0. The lowest BCUT2D eigenvalue weighted by Crippen LogP contribution is -2.45. The Hall–Kier alpha value is -3.47. The standard InChI is InChI=1S/C22H27FN6O4/c1-13-9-28(10-14(2)33-13)17-6-5-15(7-16(17)23)8-24-18(30)11-29-21(31)19-20(25-12-26(19)3)27(4)22(29)32/h5-7,12-14H,8-11H2,1-4H3,(H,24,30). The second-order valence-electron chi connectivity index (χ2n) is 8.49. The number of halogens is 1. The summed E-state index contributed by atoms with van der Waals surface area (Å²) in [5.74, 6) is -0.911. The third-order valence-electron chi connectivity index (χ3n) is 5.76. The van der Waals surface area contributed by atoms with E-state index in [0.717, 1.165) is 4.57 Å². The van der Waals surface area contributed by atoms with Gasteiger partial charge < -0.3 is 19.5 Å². The number of morpholine rings is 1. The topological polar surface area (TPSA) is 103 Å². The van der Waals surface area contributed by atoms with E-state index in [-0.39, 0.29) is 35.7 Å². The molecule has 1 aliphatic heterocycles. The molecular weight excluding hydrogens is 431 g/mol. The molecule has 0 saturated carbocycles. The predicted molar refractivity (Wildman–Crippen MR) is 121 cm³/mol. The Labute approximate surface area is 189 Å². The smallest absolute Gasteiger partial charge is 0.332 e. The van der Waals surface area contributed by atoms with E-state index >= 15 is 0 Å². The lowest BCUT2D eigenvalue weighted by Gasteiger charge is -2.37. The van der Waals surface area contributed by atoms with E-state index in [2.05, 4.69) is 10.3 Å². The van der Waals surface area contributed by atoms with Crippen LogP contribution in [0.2, 0.25) is 0 Å². The molecule has 0 bridgehead atoms. The number of benzene rings is 1. The molecule has 2 atom stereocenters. The summed E-state index contributed by atoms with van der Waals surface area (Å²) in [4.78, 5) is 43.7. The van der Waals surface area contributed by atoms with Gasteiger partial charge in [0.1, 0.15) is 12.4 Å². The molecule has 0 aliphatic carbocycles. The number of nitrogens with zero attached hydrogens (tertiary/aromatic N) is 5. The highest BCUT2D eigenvalue weighted by Crippen LogP contribution is 2.24. The monoisotopic (exact) mass is 458 g/mol. The van der Waals surface area contributed by atoms with Gasteiger partial charge in [-0.2, -0.15) is 0 Å². The molecule has 3 heterocycles. The molecule has 3 aromatic rings. The Kier molecular flexibility index (Phi) is 6.07. The summed E-state index contributed by atoms with van der Waals surface area (Å²) in [6, 6.07) is 4.82. The minimum atomic E-state index is -0.634. The van der Waals surface area contributed by atoms with Crippen molar-refractivity contribution < 1.29 is 13.9 Å². The quantitative estimate of drug-likeness (QED) is 0.598. The van der Waals surface area contributed by atoms with Gasteiger partial charge in [-0.15, -0.1) is 0 Å². The van der Waals surface area contributed by atoms with Gasteiger partial charge in [-0.05, 0) is 31.5 Å². The molecule has 1 amide bonds. The molecule has 0 radical (unpaired) electrons. The fraction of sp³-hybridized carbons (Fsp3) is 0.455. The number of imidazole rings is 1. The lowest BCUT2D eigenvalue weighted by molar-refractivity contribution is -0.121. The fourth-order valence-electron chi connectivity index (χ4n) is 4.23. The van der Waals surface area contributed by atoms with Gasteiger partial charge in [-0.3, -0.25) is 14.2 Å². The maximum Gasteiger partial charge on any atom is 0.332 e. The second kappa shape index (κ2) is 8.81. The Balaban J connectivity index is 1.46. The van der Waals surface area contributed by atoms with Gasteiger partial charge in [0, 0.05) is 33.7 Å². The number of amides is 1. The van der Waals surface area contributed by atoms with Gasteiger partial charge in [0.05, 0.1) is 24.2 Å². The van der Waals surface area contributed by atoms with Crippen LogP contribution in [0.4, 0.5) is 10.1 Å². The maximum atomic E-state index is 14.8. The van der Waals surface area contributed by atoms with Crippen LogP contribution in [0.3, 0.4) is 0 Å². The molecule has 33 heavy (non-hydrogen) atoms. The van der Waals surface area contributed by atoms with Crippen LogP contribution in [-0.4, -0.2) is 49.9 Å². The Morgan fingerprint density at radius 1 is 1.21 bits per heavy atom. The van der Waals surface area contributed by atoms with E-state index in [9.17, 15) is 18.8 Å². The maximum absolute atomic E-state index is 14.8. The number of hydrogen-bond acceptors (Lipinski definition) is 6. The Morgan fingerprint density at radius 3 is 2.58 bits per heavy atom. The fourth-order valence-corrected chi connectivity index (χ4v) is 4.23. The number of nitrogens with one attached hydrogen (secondary N) is 1. The molecule has 176 valence electrons. The van der Waals surface area contributed by atoms with Crippen molar-refractivity contribution in [1.82, 2.24) is 24.0 Å². The molecule has 1 aliphatic rings. The number of ether oxygens (including phenoxy) is 1. The number of rotatable bonds is 5. The minimum Gasteiger partial charge on any atom is -0.372 e. The molecule has 1 aromatic carbocycles. The van der Waals surface area contributed by atoms with Gasteiger partial charge >= 0.3 is 5.69 Å². The van der Waals surface area contributed by atoms with Gasteiger partial charge in [0.15, 0.2) is 11.2 Å². The van der Waals surface area contributed by atoms with E-state index in [4.69, 9.17) is 4.74 Å². The Morgan fingerprint density at radius 2 is 1.91 bits per heavy atom. The summed E-state index contributed by atoms with van der Waals surface area (Å²) in [6.45, 7) is 4.72. The highest BCUT2D eigenvalue weighted by Gasteiger charge is 2.24. The van der Waals surface area contributed by atoms with Crippen LogP contribution >= 0.6 is 0 Å². The minimum absolute atomic E-state index is 0.00814. The van der Waals surface area contributed by atoms with Crippen molar-refractivity contribution in [2.75, 3.05) is 18.0 Å². The lowest BCUT2D eigenvalue weighted by atomic mass is 10.1. The molecule has 11 heteroatoms. The van der Waals surface area contributed by atoms with Crippen LogP contribution in [0.1, 0.15) is 19.4 Å². The van der Waals surface area contributed by atoms with Crippen molar-refractivity contribution in [3.05, 3.63) is 56.7 Å². The van der Waals surface area contributed by atoms with E-state index in [1.165, 1.54) is 28.6 Å². The van der Waals surface area contributed by atoms with Crippen molar-refractivity contribution in [3.8, 4) is 0 Å². The average molecular weight is 458 g/mol. The van der Waals surface area contributed by atoms with E-state index in [1.54, 1.807) is 19.2 Å². The highest BCUT2D eigenvalue weighted by molar-refractivity contribution is 5.76. The summed E-state index contributed by atoms with van der Waals surface area (Å²) >= 11 is 0. The zero-order chi connectivity index (χ0) is 23.9. The molecule has 4 rings (SSSR count). The first kappa shape index (κ1) is 22.7. The van der Waals surface area contributed by atoms with E-state index < -0.39 is 23.7 Å². The number of fused-ring (bicyclic) bond motifs is 1. The molecule has 10 nitrogen and oxygen atoms in total. The normalized spacial score (nSPS) is 18.6. The molecular formula is C22H27FN6O4. The third kappa shape index (κ3) is 4.40. The Bertz CT molecular complexity index is 1320. The van der Waals surface area contributed by atoms with Crippen LogP contribution in [0.15, 0.2) is 34.1 Å². The number of hydrogen-bond donors (Lipinski definition) is 1. The first-order chi connectivity index (χ1) is 15.7. The summed E-state index contributed by atoms with van der Waals surface area (Å²) in [6.07, 6.45) is 1.45. The van der Waals surface area contributed by atoms with Crippen molar-refractivity contribution >= 4 is 22.8 Å². The number of carbonyl (C=O) groups is 1. The van der Waals surface area contributed by atoms with E-state index in [0.29, 0.717) is 24.3 Å². The van der Waals surface area contributed by atoms with Crippen LogP contribution in [-0.2, 0) is 36.7 Å². The van der Waals surface area contributed by atoms with Crippen molar-refractivity contribution in [2.24, 2.45) is 14.1 Å². The van der Waals surface area contributed by atoms with Gasteiger partial charge in [-0.1, -0.05) is 6.07 Å². The third-order valence-corrected chi connectivity index (χ3v) is 5.76. The molecule has 2 aromatic heterocycles. The molecule has 1 saturated heterocycles. The summed E-state index contributed by atoms with van der Waals surface area (Å²) < 4.78 is 24.1. The largest absolute Gasteiger partial charge is 0.372 e. The van der Waals surface area contributed by atoms with Crippen molar-refractivity contribution in [3.63, 3.8) is 0 Å². The van der Waals surface area contributed by atoms with Crippen molar-refractivity contribution in [2.45, 2.75) is 39.1 Å². The number of carbonyl (C=O) groups excluding carboxylic acids is 1. The van der Waals surface area contributed by atoms with Crippen LogP contribution in [0.5, 0.6) is 0 Å². The second-order valence-corrected chi connectivity index (χ2v) is 8.49. The molecule has 2 unspecified atom stereocenters. The van der Waals surface area contributed by atoms with Crippen molar-refractivity contribution in [1.29, 1.82) is 0 Å². The molecule has 1 N–H and O–H groups in total. The van der Waals surface area contributed by atoms with Gasteiger partial charge in [0.2, 0.25) is 5.91 Å². The summed E-state index contributed by atoms with van der Waals surface area (Å²) in [5.41, 5.74) is 0.323. The van der Waals surface area contributed by atoms with Crippen LogP contribution < -0.4 is 21.5 Å². The predicted octanol–water partition coefficient (Wildman–Crippen LogP) is 0.503. The van der Waals surface area contributed by atoms with Crippen LogP contribution in [0.25, 0.3) is 11.2 Å². The average Bonchev–Trinajstić information content (AvgIpc) is 3.15. The highest BCUT2D eigenvalue weighted by atomic mass is 19.1. The molecule has 1 fully saturated rings. The summed E-state index contributed by atoms with van der Waals surface area (Å²) in [5, 5.41) is 2.65. The first-order valence-corrected chi connectivity index (χ1v) is 10.7. The van der Waals surface area contributed by atoms with Gasteiger partial charge in [0.25, 0.3) is 5.56 Å². The first-order valence-electron chi connectivity index (χ1n) is 10.7. The van der Waals surface area contributed by atoms with Gasteiger partial charge in [-0.25, -0.2) is 18.7 Å².